The summed E-state index contributed by atoms with van der Waals surface area (Å²) in [7, 11) is 0. The summed E-state index contributed by atoms with van der Waals surface area (Å²) in [5, 5.41) is 7.31. The third kappa shape index (κ3) is 2.51. The zero-order valence-electron chi connectivity index (χ0n) is 9.45. The second-order valence-corrected chi connectivity index (χ2v) is 4.22. The lowest BCUT2D eigenvalue weighted by Gasteiger charge is -2.21. The number of nitrogen functional groups attached to an aromatic ring is 1. The number of nitrogens with one attached hydrogen (secondary N) is 1. The van der Waals surface area contributed by atoms with Crippen LogP contribution in [-0.4, -0.2) is 23.9 Å². The van der Waals surface area contributed by atoms with E-state index in [0.29, 0.717) is 5.56 Å². The predicted molar refractivity (Wildman–Crippen MR) is 65.9 cm³/mol. The van der Waals surface area contributed by atoms with Gasteiger partial charge in [0, 0.05) is 24.8 Å². The van der Waals surface area contributed by atoms with Crippen molar-refractivity contribution >= 4 is 11.7 Å². The monoisotopic (exact) mass is 218 g/mol. The maximum absolute atomic E-state index is 7.31. The molecule has 0 amide bonds. The third-order valence-electron chi connectivity index (χ3n) is 2.99. The number of nitrogens with zero attached hydrogens (tertiary/aromatic N) is 2. The summed E-state index contributed by atoms with van der Waals surface area (Å²) < 4.78 is 0. The van der Waals surface area contributed by atoms with Crippen molar-refractivity contribution in [1.29, 1.82) is 5.41 Å². The molecule has 0 unspecified atom stereocenters. The first-order valence-corrected chi connectivity index (χ1v) is 5.83. The fraction of sp³-hybridized carbons (Fsp3) is 0.500. The van der Waals surface area contributed by atoms with Crippen LogP contribution in [0.15, 0.2) is 18.3 Å². The maximum atomic E-state index is 7.31. The van der Waals surface area contributed by atoms with Gasteiger partial charge in [0.15, 0.2) is 0 Å². The Hall–Kier alpha value is -1.58. The Morgan fingerprint density at radius 1 is 1.19 bits per heavy atom. The third-order valence-corrected chi connectivity index (χ3v) is 2.99. The van der Waals surface area contributed by atoms with Crippen molar-refractivity contribution in [2.75, 3.05) is 18.0 Å². The van der Waals surface area contributed by atoms with Gasteiger partial charge in [0.1, 0.15) is 11.7 Å². The van der Waals surface area contributed by atoms with Crippen molar-refractivity contribution in [3.8, 4) is 0 Å². The first-order valence-electron chi connectivity index (χ1n) is 5.83. The van der Waals surface area contributed by atoms with Crippen LogP contribution >= 0.6 is 0 Å². The van der Waals surface area contributed by atoms with Crippen LogP contribution in [0, 0.1) is 5.41 Å². The van der Waals surface area contributed by atoms with E-state index in [4.69, 9.17) is 11.1 Å². The van der Waals surface area contributed by atoms with Crippen LogP contribution in [0.3, 0.4) is 0 Å². The number of hydrogen-bond donors (Lipinski definition) is 2. The molecule has 0 bridgehead atoms. The van der Waals surface area contributed by atoms with E-state index in [1.165, 1.54) is 25.7 Å². The molecule has 0 aliphatic carbocycles. The number of aromatic nitrogens is 1. The molecule has 1 aliphatic heterocycles. The molecule has 0 radical (unpaired) electrons. The van der Waals surface area contributed by atoms with Crippen molar-refractivity contribution in [1.82, 2.24) is 4.98 Å². The average molecular weight is 218 g/mol. The van der Waals surface area contributed by atoms with Crippen LogP contribution in [0.25, 0.3) is 0 Å². The van der Waals surface area contributed by atoms with E-state index in [2.05, 4.69) is 9.88 Å². The molecular formula is C12H18N4. The fourth-order valence-corrected chi connectivity index (χ4v) is 2.03. The minimum atomic E-state index is 0.0786. The smallest absolute Gasteiger partial charge is 0.128 e. The number of hydrogen-bond acceptors (Lipinski definition) is 3. The van der Waals surface area contributed by atoms with Gasteiger partial charge in [0.2, 0.25) is 0 Å². The lowest BCUT2D eigenvalue weighted by molar-refractivity contribution is 0.726. The number of nitrogens with two attached hydrogens (primary N) is 1. The van der Waals surface area contributed by atoms with Crippen molar-refractivity contribution in [3.05, 3.63) is 23.9 Å². The molecule has 86 valence electrons. The zero-order chi connectivity index (χ0) is 11.4. The first-order chi connectivity index (χ1) is 7.77. The number of anilines is 1. The summed E-state index contributed by atoms with van der Waals surface area (Å²) >= 11 is 0. The standard InChI is InChI=1S/C12H18N4/c13-12(14)10-5-6-11(15-9-10)16-7-3-1-2-4-8-16/h5-6,9H,1-4,7-8H2,(H3,13,14). The second kappa shape index (κ2) is 4.96. The second-order valence-electron chi connectivity index (χ2n) is 4.22. The van der Waals surface area contributed by atoms with E-state index in [1.807, 2.05) is 12.1 Å². The van der Waals surface area contributed by atoms with Crippen molar-refractivity contribution < 1.29 is 0 Å². The molecule has 1 saturated heterocycles. The Bertz CT molecular complexity index is 350. The minimum absolute atomic E-state index is 0.0786. The molecule has 2 heterocycles. The summed E-state index contributed by atoms with van der Waals surface area (Å²) in [6.45, 7) is 2.18. The molecule has 2 rings (SSSR count). The summed E-state index contributed by atoms with van der Waals surface area (Å²) in [5.74, 6) is 1.09. The van der Waals surface area contributed by atoms with E-state index in [1.54, 1.807) is 6.20 Å². The van der Waals surface area contributed by atoms with Gasteiger partial charge in [-0.15, -0.1) is 0 Å². The molecule has 0 spiro atoms. The lowest BCUT2D eigenvalue weighted by atomic mass is 10.2. The van der Waals surface area contributed by atoms with Gasteiger partial charge < -0.3 is 10.6 Å². The Kier molecular flexibility index (Phi) is 3.39. The van der Waals surface area contributed by atoms with Crippen LogP contribution in [0.2, 0.25) is 0 Å². The summed E-state index contributed by atoms with van der Waals surface area (Å²) in [4.78, 5) is 6.69. The van der Waals surface area contributed by atoms with Gasteiger partial charge >= 0.3 is 0 Å². The maximum Gasteiger partial charge on any atom is 0.128 e. The summed E-state index contributed by atoms with van der Waals surface area (Å²) in [6, 6.07) is 3.83. The van der Waals surface area contributed by atoms with Gasteiger partial charge in [-0.05, 0) is 25.0 Å². The Morgan fingerprint density at radius 3 is 2.38 bits per heavy atom. The van der Waals surface area contributed by atoms with E-state index >= 15 is 0 Å². The zero-order valence-corrected chi connectivity index (χ0v) is 9.45. The largest absolute Gasteiger partial charge is 0.384 e. The molecule has 0 atom stereocenters. The van der Waals surface area contributed by atoms with Gasteiger partial charge in [-0.2, -0.15) is 0 Å². The molecule has 1 aliphatic rings. The van der Waals surface area contributed by atoms with Crippen LogP contribution in [0.4, 0.5) is 5.82 Å². The predicted octanol–water partition coefficient (Wildman–Crippen LogP) is 1.75. The highest BCUT2D eigenvalue weighted by Crippen LogP contribution is 2.17. The van der Waals surface area contributed by atoms with Gasteiger partial charge in [0.05, 0.1) is 0 Å². The Balaban J connectivity index is 2.10. The molecule has 4 heteroatoms. The average Bonchev–Trinajstić information content (AvgIpc) is 2.57. The van der Waals surface area contributed by atoms with Gasteiger partial charge in [-0.25, -0.2) is 4.98 Å². The summed E-state index contributed by atoms with van der Waals surface area (Å²) in [6.07, 6.45) is 6.82. The summed E-state index contributed by atoms with van der Waals surface area (Å²) in [5.41, 5.74) is 6.09. The highest BCUT2D eigenvalue weighted by Gasteiger charge is 2.10. The van der Waals surface area contributed by atoms with E-state index in [-0.39, 0.29) is 5.84 Å². The quantitative estimate of drug-likeness (QED) is 0.587. The highest BCUT2D eigenvalue weighted by molar-refractivity contribution is 5.94. The molecule has 16 heavy (non-hydrogen) atoms. The normalized spacial score (nSPS) is 16.9. The van der Waals surface area contributed by atoms with Crippen molar-refractivity contribution in [3.63, 3.8) is 0 Å². The van der Waals surface area contributed by atoms with E-state index in [9.17, 15) is 0 Å². The molecule has 1 aromatic rings. The number of amidine groups is 1. The minimum Gasteiger partial charge on any atom is -0.384 e. The van der Waals surface area contributed by atoms with Crippen molar-refractivity contribution in [2.24, 2.45) is 5.73 Å². The Labute approximate surface area is 96.0 Å². The van der Waals surface area contributed by atoms with Crippen LogP contribution in [-0.2, 0) is 0 Å². The number of rotatable bonds is 2. The van der Waals surface area contributed by atoms with Gasteiger partial charge in [0.25, 0.3) is 0 Å². The number of pyridine rings is 1. The lowest BCUT2D eigenvalue weighted by Crippen LogP contribution is -2.25. The molecule has 1 fully saturated rings. The highest BCUT2D eigenvalue weighted by atomic mass is 15.2. The molecule has 4 nitrogen and oxygen atoms in total. The van der Waals surface area contributed by atoms with Crippen LogP contribution < -0.4 is 10.6 Å². The first kappa shape index (κ1) is 10.9. The SMILES string of the molecule is N=C(N)c1ccc(N2CCCCCC2)nc1. The van der Waals surface area contributed by atoms with Crippen LogP contribution in [0.1, 0.15) is 31.2 Å². The van der Waals surface area contributed by atoms with E-state index in [0.717, 1.165) is 18.9 Å². The molecule has 1 aromatic heterocycles. The molecule has 3 N–H and O–H groups in total. The van der Waals surface area contributed by atoms with Gasteiger partial charge in [-0.1, -0.05) is 12.8 Å². The van der Waals surface area contributed by atoms with Gasteiger partial charge in [-0.3, -0.25) is 5.41 Å². The van der Waals surface area contributed by atoms with E-state index < -0.39 is 0 Å². The fourth-order valence-electron chi connectivity index (χ4n) is 2.03. The molecular weight excluding hydrogens is 200 g/mol. The van der Waals surface area contributed by atoms with Crippen molar-refractivity contribution in [2.45, 2.75) is 25.7 Å². The Morgan fingerprint density at radius 2 is 1.88 bits per heavy atom. The molecule has 0 saturated carbocycles. The topological polar surface area (TPSA) is 66.0 Å². The van der Waals surface area contributed by atoms with Crippen LogP contribution in [0.5, 0.6) is 0 Å². The molecule has 0 aromatic carbocycles.